The monoisotopic (exact) mass is 306 g/mol. The second-order valence-electron chi connectivity index (χ2n) is 4.66. The highest BCUT2D eigenvalue weighted by molar-refractivity contribution is 5.98. The molecule has 0 fully saturated rings. The van der Waals surface area contributed by atoms with Crippen molar-refractivity contribution in [3.05, 3.63) is 23.5 Å². The fourth-order valence-electron chi connectivity index (χ4n) is 1.79. The summed E-state index contributed by atoms with van der Waals surface area (Å²) in [6.07, 6.45) is 3.17. The molecule has 0 saturated carbocycles. The van der Waals surface area contributed by atoms with E-state index in [0.29, 0.717) is 29.3 Å². The summed E-state index contributed by atoms with van der Waals surface area (Å²) < 4.78 is 3.24. The second kappa shape index (κ2) is 7.39. The van der Waals surface area contributed by atoms with Crippen LogP contribution < -0.4 is 11.5 Å². The summed E-state index contributed by atoms with van der Waals surface area (Å²) >= 11 is 0. The van der Waals surface area contributed by atoms with Gasteiger partial charge >= 0.3 is 0 Å². The first-order valence-electron chi connectivity index (χ1n) is 6.97. The van der Waals surface area contributed by atoms with Gasteiger partial charge < -0.3 is 11.5 Å². The molecule has 8 nitrogen and oxygen atoms in total. The Kier molecular flexibility index (Phi) is 5.85. The number of aromatic nitrogens is 4. The highest BCUT2D eigenvalue weighted by Gasteiger charge is 2.09. The molecule has 0 radical (unpaired) electrons. The van der Waals surface area contributed by atoms with Crippen molar-refractivity contribution in [3.8, 4) is 0 Å². The number of nitrogen functional groups attached to an aromatic ring is 2. The lowest BCUT2D eigenvalue weighted by Crippen LogP contribution is -2.04. The van der Waals surface area contributed by atoms with Crippen LogP contribution in [0.15, 0.2) is 12.4 Å². The van der Waals surface area contributed by atoms with Crippen molar-refractivity contribution < 1.29 is 9.59 Å². The molecule has 0 spiro atoms. The van der Waals surface area contributed by atoms with Crippen LogP contribution in [0.3, 0.4) is 0 Å². The second-order valence-corrected chi connectivity index (χ2v) is 4.66. The number of carbonyl (C=O) groups excluding carboxylic acids is 2. The summed E-state index contributed by atoms with van der Waals surface area (Å²) in [5.41, 5.74) is 12.1. The van der Waals surface area contributed by atoms with Gasteiger partial charge in [-0.1, -0.05) is 0 Å². The maximum absolute atomic E-state index is 10.9. The topological polar surface area (TPSA) is 122 Å². The molecule has 2 aromatic heterocycles. The molecule has 120 valence electrons. The van der Waals surface area contributed by atoms with E-state index in [1.807, 2.05) is 13.8 Å². The van der Waals surface area contributed by atoms with E-state index < -0.39 is 0 Å². The van der Waals surface area contributed by atoms with Crippen molar-refractivity contribution in [2.24, 2.45) is 0 Å². The normalized spacial score (nSPS) is 10.0. The van der Waals surface area contributed by atoms with Crippen LogP contribution in [0.5, 0.6) is 0 Å². The fourth-order valence-corrected chi connectivity index (χ4v) is 1.79. The van der Waals surface area contributed by atoms with Crippen molar-refractivity contribution in [1.82, 2.24) is 19.6 Å². The third-order valence-corrected chi connectivity index (χ3v) is 3.05. The minimum absolute atomic E-state index is 0.0396. The van der Waals surface area contributed by atoms with Gasteiger partial charge in [-0.15, -0.1) is 0 Å². The molecule has 4 N–H and O–H groups in total. The van der Waals surface area contributed by atoms with E-state index in [1.54, 1.807) is 15.6 Å². The number of hydrogen-bond donors (Lipinski definition) is 2. The maximum atomic E-state index is 10.9. The molecule has 8 heteroatoms. The number of carbonyl (C=O) groups is 2. The van der Waals surface area contributed by atoms with E-state index in [-0.39, 0.29) is 11.6 Å². The minimum Gasteiger partial charge on any atom is -0.383 e. The summed E-state index contributed by atoms with van der Waals surface area (Å²) in [4.78, 5) is 21.7. The smallest absolute Gasteiger partial charge is 0.165 e. The van der Waals surface area contributed by atoms with Crippen LogP contribution in [-0.4, -0.2) is 31.1 Å². The van der Waals surface area contributed by atoms with Crippen LogP contribution >= 0.6 is 0 Å². The Balaban J connectivity index is 0.000000220. The van der Waals surface area contributed by atoms with Crippen molar-refractivity contribution in [3.63, 3.8) is 0 Å². The first kappa shape index (κ1) is 17.4. The lowest BCUT2D eigenvalue weighted by Gasteiger charge is -1.98. The van der Waals surface area contributed by atoms with Crippen molar-refractivity contribution >= 4 is 23.2 Å². The lowest BCUT2D eigenvalue weighted by molar-refractivity contribution is 0.101. The van der Waals surface area contributed by atoms with Gasteiger partial charge in [-0.05, 0) is 27.7 Å². The zero-order valence-corrected chi connectivity index (χ0v) is 13.3. The summed E-state index contributed by atoms with van der Waals surface area (Å²) in [7, 11) is 0. The average Bonchev–Trinajstić information content (AvgIpc) is 3.02. The van der Waals surface area contributed by atoms with Gasteiger partial charge in [-0.25, -0.2) is 4.68 Å². The third-order valence-electron chi connectivity index (χ3n) is 3.05. The van der Waals surface area contributed by atoms with E-state index >= 15 is 0 Å². The molecule has 22 heavy (non-hydrogen) atoms. The first-order chi connectivity index (χ1) is 10.3. The van der Waals surface area contributed by atoms with Crippen molar-refractivity contribution in [1.29, 1.82) is 0 Å². The number of rotatable bonds is 4. The molecule has 0 atom stereocenters. The van der Waals surface area contributed by atoms with E-state index in [0.717, 1.165) is 6.54 Å². The van der Waals surface area contributed by atoms with Gasteiger partial charge in [-0.2, -0.15) is 10.2 Å². The van der Waals surface area contributed by atoms with Crippen LogP contribution in [0.25, 0.3) is 0 Å². The fraction of sp³-hybridized carbons (Fsp3) is 0.429. The molecule has 0 aromatic carbocycles. The van der Waals surface area contributed by atoms with Gasteiger partial charge in [0.25, 0.3) is 0 Å². The highest BCUT2D eigenvalue weighted by atomic mass is 16.1. The zero-order valence-electron chi connectivity index (χ0n) is 13.3. The number of ketones is 2. The Morgan fingerprint density at radius 2 is 1.68 bits per heavy atom. The zero-order chi connectivity index (χ0) is 16.9. The molecular formula is C14H22N6O2. The minimum atomic E-state index is -0.0396. The first-order valence-corrected chi connectivity index (χ1v) is 6.97. The molecule has 2 rings (SSSR count). The molecule has 0 bridgehead atoms. The van der Waals surface area contributed by atoms with Crippen LogP contribution in [0.4, 0.5) is 11.6 Å². The molecule has 0 aliphatic heterocycles. The van der Waals surface area contributed by atoms with E-state index in [9.17, 15) is 9.59 Å². The van der Waals surface area contributed by atoms with E-state index in [4.69, 9.17) is 11.5 Å². The quantitative estimate of drug-likeness (QED) is 0.823. The Bertz CT molecular complexity index is 659. The summed E-state index contributed by atoms with van der Waals surface area (Å²) in [5.74, 6) is 0.698. The lowest BCUT2D eigenvalue weighted by atomic mass is 10.2. The van der Waals surface area contributed by atoms with E-state index in [1.165, 1.54) is 20.0 Å². The van der Waals surface area contributed by atoms with Gasteiger partial charge in [-0.3, -0.25) is 14.3 Å². The SMILES string of the molecule is CCn1cc(C(C)=O)c(N)n1.CCn1ncc(C(C)=O)c1N. The Morgan fingerprint density at radius 1 is 1.09 bits per heavy atom. The van der Waals surface area contributed by atoms with Crippen LogP contribution in [0.1, 0.15) is 48.4 Å². The third kappa shape index (κ3) is 3.94. The van der Waals surface area contributed by atoms with Gasteiger partial charge in [0.1, 0.15) is 5.82 Å². The summed E-state index contributed by atoms with van der Waals surface area (Å²) in [6.45, 7) is 8.25. The number of aryl methyl sites for hydroxylation is 2. The molecule has 0 unspecified atom stereocenters. The molecule has 0 aliphatic carbocycles. The number of Topliss-reactive ketones (excluding diaryl/α,β-unsaturated/α-hetero) is 2. The predicted octanol–water partition coefficient (Wildman–Crippen LogP) is 1.38. The van der Waals surface area contributed by atoms with Gasteiger partial charge in [0.15, 0.2) is 17.4 Å². The summed E-state index contributed by atoms with van der Waals surface area (Å²) in [5, 5.41) is 7.85. The Morgan fingerprint density at radius 3 is 1.95 bits per heavy atom. The van der Waals surface area contributed by atoms with Crippen LogP contribution in [0.2, 0.25) is 0 Å². The van der Waals surface area contributed by atoms with Crippen molar-refractivity contribution in [2.45, 2.75) is 40.8 Å². The van der Waals surface area contributed by atoms with E-state index in [2.05, 4.69) is 10.2 Å². The van der Waals surface area contributed by atoms with Gasteiger partial charge in [0.05, 0.1) is 17.3 Å². The molecule has 0 saturated heterocycles. The molecule has 0 amide bonds. The number of anilines is 2. The number of nitrogens with zero attached hydrogens (tertiary/aromatic N) is 4. The van der Waals surface area contributed by atoms with Gasteiger partial charge in [0, 0.05) is 19.3 Å². The largest absolute Gasteiger partial charge is 0.383 e. The Labute approximate surface area is 129 Å². The van der Waals surface area contributed by atoms with Crippen molar-refractivity contribution in [2.75, 3.05) is 11.5 Å². The number of hydrogen-bond acceptors (Lipinski definition) is 6. The molecular weight excluding hydrogens is 284 g/mol. The Hall–Kier alpha value is -2.64. The van der Waals surface area contributed by atoms with Crippen LogP contribution in [-0.2, 0) is 13.1 Å². The number of nitrogens with two attached hydrogens (primary N) is 2. The highest BCUT2D eigenvalue weighted by Crippen LogP contribution is 2.10. The van der Waals surface area contributed by atoms with Gasteiger partial charge in [0.2, 0.25) is 0 Å². The molecule has 2 heterocycles. The molecule has 0 aliphatic rings. The average molecular weight is 306 g/mol. The predicted molar refractivity (Wildman–Crippen MR) is 84.6 cm³/mol. The maximum Gasteiger partial charge on any atom is 0.165 e. The molecule has 2 aromatic rings. The summed E-state index contributed by atoms with van der Waals surface area (Å²) in [6, 6.07) is 0. The standard InChI is InChI=1S/2C7H11N3O/c1-3-10-4-6(5(2)11)7(8)9-10;1-3-10-7(8)6(4-9-10)5(2)11/h4H,3H2,1-2H3,(H2,8,9);4H,3,8H2,1-2H3. The van der Waals surface area contributed by atoms with Crippen LogP contribution in [0, 0.1) is 0 Å².